The third kappa shape index (κ3) is 13.4. The molecule has 1 atom stereocenters. The van der Waals surface area contributed by atoms with E-state index in [4.69, 9.17) is 4.74 Å². The van der Waals surface area contributed by atoms with Crippen LogP contribution in [0.4, 0.5) is 31.1 Å². The molecule has 1 unspecified atom stereocenters. The molecule has 5 N–H and O–H groups in total. The van der Waals surface area contributed by atoms with Crippen LogP contribution in [0, 0.1) is 34.9 Å². The summed E-state index contributed by atoms with van der Waals surface area (Å²) in [5.74, 6) is -7.84. The van der Waals surface area contributed by atoms with E-state index in [1.54, 1.807) is 83.5 Å². The first kappa shape index (κ1) is 58.0. The van der Waals surface area contributed by atoms with E-state index in [0.717, 1.165) is 91.6 Å². The normalized spacial score (nSPS) is 11.4. The largest absolute Gasteiger partial charge is 0.514 e. The summed E-state index contributed by atoms with van der Waals surface area (Å²) in [6.45, 7) is 6.50. The molecular weight excluding hydrogens is 1090 g/mol. The van der Waals surface area contributed by atoms with Gasteiger partial charge >= 0.3 is 6.16 Å². The molecule has 0 aliphatic heterocycles. The summed E-state index contributed by atoms with van der Waals surface area (Å²) >= 11 is 0. The Morgan fingerprint density at radius 2 is 1.13 bits per heavy atom. The predicted octanol–water partition coefficient (Wildman–Crippen LogP) is 14.7. The van der Waals surface area contributed by atoms with Gasteiger partial charge in [-0.2, -0.15) is 0 Å². The molecule has 0 saturated heterocycles. The molecule has 12 aromatic rings. The van der Waals surface area contributed by atoms with Gasteiger partial charge in [-0.3, -0.25) is 19.7 Å². The van der Waals surface area contributed by atoms with Crippen molar-refractivity contribution in [2.45, 2.75) is 45.6 Å². The van der Waals surface area contributed by atoms with Crippen LogP contribution < -0.4 is 4.74 Å². The molecule has 21 heteroatoms. The number of nitrogens with one attached hydrogen (secondary N) is 3. The molecule has 0 spiro atoms. The number of aldehydes is 1. The number of halogens is 6. The zero-order valence-electron chi connectivity index (χ0n) is 45.0. The maximum absolute atomic E-state index is 14.3. The summed E-state index contributed by atoms with van der Waals surface area (Å²) in [5, 5.41) is 21.8. The predicted molar refractivity (Wildman–Crippen MR) is 303 cm³/mol. The zero-order chi connectivity index (χ0) is 59.7. The molecule has 3 aromatic carbocycles. The molecule has 12 rings (SSSR count). The van der Waals surface area contributed by atoms with E-state index in [9.17, 15) is 46.1 Å². The summed E-state index contributed by atoms with van der Waals surface area (Å²) < 4.78 is 92.5. The number of aromatic hydroxyl groups is 2. The minimum Gasteiger partial charge on any atom is -0.505 e. The van der Waals surface area contributed by atoms with Crippen LogP contribution >= 0.6 is 0 Å². The fourth-order valence-electron chi connectivity index (χ4n) is 8.74. The average molecular weight is 1140 g/mol. The number of nitrogens with zero attached hydrogens (tertiary/aromatic N) is 6. The third-order valence-electron chi connectivity index (χ3n) is 12.9. The Hall–Kier alpha value is -10.7. The van der Waals surface area contributed by atoms with Gasteiger partial charge in [-0.1, -0.05) is 25.1 Å². The minimum absolute atomic E-state index is 0.00421. The smallest absolute Gasteiger partial charge is 0.505 e. The second-order valence-electron chi connectivity index (χ2n) is 19.7. The zero-order valence-corrected chi connectivity index (χ0v) is 45.0. The third-order valence-corrected chi connectivity index (χ3v) is 12.9. The number of H-pyrrole nitrogens is 3. The monoisotopic (exact) mass is 1140 g/mol. The average Bonchev–Trinajstić information content (AvgIpc) is 2.61. The number of aromatic nitrogens is 9. The second-order valence-corrected chi connectivity index (χ2v) is 19.7. The lowest BCUT2D eigenvalue weighted by Crippen LogP contribution is -2.26. The fourth-order valence-corrected chi connectivity index (χ4v) is 8.74. The number of fused-ring (bicyclic) bond motifs is 3. The summed E-state index contributed by atoms with van der Waals surface area (Å²) in [7, 11) is 0. The Kier molecular flexibility index (Phi) is 17.5. The number of ether oxygens (including phenoxy) is 2. The van der Waals surface area contributed by atoms with Crippen molar-refractivity contribution in [3.8, 4) is 50.6 Å². The van der Waals surface area contributed by atoms with E-state index in [1.807, 2.05) is 73.2 Å². The van der Waals surface area contributed by atoms with Crippen LogP contribution in [0.15, 0.2) is 171 Å². The van der Waals surface area contributed by atoms with Crippen LogP contribution in [0.1, 0.15) is 66.2 Å². The number of rotatable bonds is 9. The van der Waals surface area contributed by atoms with Gasteiger partial charge < -0.3 is 34.6 Å². The molecule has 9 heterocycles. The van der Waals surface area contributed by atoms with Crippen molar-refractivity contribution in [3.05, 3.63) is 234 Å². The lowest BCUT2D eigenvalue weighted by atomic mass is 9.91. The Balaban J connectivity index is 0.000000137. The van der Waals surface area contributed by atoms with Gasteiger partial charge in [-0.15, -0.1) is 0 Å². The first-order chi connectivity index (χ1) is 40.4. The maximum Gasteiger partial charge on any atom is 0.514 e. The quantitative estimate of drug-likeness (QED) is 0.0395. The summed E-state index contributed by atoms with van der Waals surface area (Å²) in [6, 6.07) is 25.3. The van der Waals surface area contributed by atoms with Gasteiger partial charge in [-0.25, -0.2) is 46.1 Å². The molecule has 9 aromatic heterocycles. The molecule has 424 valence electrons. The number of phenols is 2. The lowest BCUT2D eigenvalue weighted by Gasteiger charge is -2.18. The summed E-state index contributed by atoms with van der Waals surface area (Å²) in [6.07, 6.45) is 19.9. The molecule has 84 heavy (non-hydrogen) atoms. The Morgan fingerprint density at radius 1 is 0.595 bits per heavy atom. The molecular formula is C63H49F6N9O6. The second kappa shape index (κ2) is 25.4. The lowest BCUT2D eigenvalue weighted by molar-refractivity contribution is 0.0197. The molecule has 0 bridgehead atoms. The molecule has 0 amide bonds. The van der Waals surface area contributed by atoms with Gasteiger partial charge in [0.15, 0.2) is 41.0 Å². The Labute approximate surface area is 474 Å². The van der Waals surface area contributed by atoms with Crippen molar-refractivity contribution in [2.75, 3.05) is 0 Å². The van der Waals surface area contributed by atoms with E-state index in [2.05, 4.69) is 55.7 Å². The maximum atomic E-state index is 14.3. The molecule has 0 aliphatic rings. The van der Waals surface area contributed by atoms with Gasteiger partial charge in [-0.05, 0) is 111 Å². The van der Waals surface area contributed by atoms with Gasteiger partial charge in [0, 0.05) is 147 Å². The highest BCUT2D eigenvalue weighted by Gasteiger charge is 2.25. The van der Waals surface area contributed by atoms with Crippen LogP contribution in [-0.4, -0.2) is 73.1 Å². The van der Waals surface area contributed by atoms with Crippen LogP contribution in [-0.2, 0) is 11.2 Å². The number of pyridine rings is 6. The molecule has 0 aliphatic carbocycles. The van der Waals surface area contributed by atoms with Crippen LogP contribution in [0.25, 0.3) is 66.5 Å². The van der Waals surface area contributed by atoms with E-state index in [1.165, 1.54) is 0 Å². The van der Waals surface area contributed by atoms with Crippen molar-refractivity contribution in [1.82, 2.24) is 44.9 Å². The SMILES string of the molecule is CC(C)(C)OC(=O)Oc1ccc(F)c(C=O)c1F.CC(c1c(F)ccc(O)c1F)c1c[nH]c2ncc(-c3cccnc3)cc12.Oc1ccc(F)c(Cc2c[nH]c3ncc(-c4cccnc4)cc23)c1F.c1cncc(-c2cnc3[nH]ccc3c2)c1. The topological polar surface area (TPSA) is 218 Å². The van der Waals surface area contributed by atoms with E-state index >= 15 is 0 Å². The number of aromatic amines is 3. The molecule has 0 fully saturated rings. The number of benzene rings is 3. The van der Waals surface area contributed by atoms with Gasteiger partial charge in [0.05, 0.1) is 5.56 Å². The highest BCUT2D eigenvalue weighted by Crippen LogP contribution is 2.37. The van der Waals surface area contributed by atoms with E-state index in [-0.39, 0.29) is 23.8 Å². The highest BCUT2D eigenvalue weighted by molar-refractivity contribution is 5.87. The number of hydrogen-bond acceptors (Lipinski definition) is 12. The van der Waals surface area contributed by atoms with Crippen LogP contribution in [0.5, 0.6) is 17.2 Å². The van der Waals surface area contributed by atoms with Gasteiger partial charge in [0.1, 0.15) is 40.0 Å². The van der Waals surface area contributed by atoms with Crippen molar-refractivity contribution in [3.63, 3.8) is 0 Å². The molecule has 0 saturated carbocycles. The first-order valence-corrected chi connectivity index (χ1v) is 25.6. The van der Waals surface area contributed by atoms with Gasteiger partial charge in [0.25, 0.3) is 0 Å². The van der Waals surface area contributed by atoms with Crippen molar-refractivity contribution >= 4 is 45.5 Å². The highest BCUT2D eigenvalue weighted by atomic mass is 19.2. The number of carbonyl (C=O) groups is 2. The minimum atomic E-state index is -1.24. The van der Waals surface area contributed by atoms with Crippen LogP contribution in [0.2, 0.25) is 0 Å². The fraction of sp³-hybridized carbons (Fsp3) is 0.111. The Bertz CT molecular complexity index is 4290. The first-order valence-electron chi connectivity index (χ1n) is 25.6. The van der Waals surface area contributed by atoms with E-state index in [0.29, 0.717) is 22.4 Å². The summed E-state index contributed by atoms with van der Waals surface area (Å²) in [5.41, 5.74) is 7.32. The van der Waals surface area contributed by atoms with Crippen molar-refractivity contribution in [1.29, 1.82) is 0 Å². The Morgan fingerprint density at radius 3 is 1.71 bits per heavy atom. The molecule has 15 nitrogen and oxygen atoms in total. The van der Waals surface area contributed by atoms with Crippen LogP contribution in [0.3, 0.4) is 0 Å². The van der Waals surface area contributed by atoms with Crippen molar-refractivity contribution in [2.24, 2.45) is 0 Å². The molecule has 0 radical (unpaired) electrons. The van der Waals surface area contributed by atoms with E-state index < -0.39 is 75.4 Å². The standard InChI is InChI=1S/C20H15F2N3O.C19H13F2N3O.C12H12F2O4.C12H9N3/c1-11(18-16(21)4-5-17(26)19(18)22)15-10-25-20-14(15)7-13(9-24-20)12-3-2-6-23-8-12;20-16-3-4-17(25)18(21)15(16)7-13-10-24-19-14(13)6-12(9-23-19)11-2-1-5-22-8-11;1-12(2,3)18-11(16)17-9-5-4-8(13)7(6-15)10(9)14;1-2-10(7-13-4-1)11-6-9-3-5-14-12(9)15-8-11/h2-11,26H,1H3,(H,24,25);1-6,8-10,25H,7H2,(H,23,24);4-6H,1-3H3;1-8H,(H,14,15). The number of hydrogen-bond donors (Lipinski definition) is 5. The van der Waals surface area contributed by atoms with Gasteiger partial charge in [0.2, 0.25) is 0 Å². The number of phenolic OH excluding ortho intramolecular Hbond substituents is 2. The number of carbonyl (C=O) groups excluding carboxylic acids is 2. The van der Waals surface area contributed by atoms with Crippen molar-refractivity contribution < 1.29 is 55.6 Å². The summed E-state index contributed by atoms with van der Waals surface area (Å²) in [4.78, 5) is 56.2.